The Morgan fingerprint density at radius 2 is 1.91 bits per heavy atom. The molecule has 0 aliphatic carbocycles. The lowest BCUT2D eigenvalue weighted by molar-refractivity contribution is -0.384. The summed E-state index contributed by atoms with van der Waals surface area (Å²) < 4.78 is 5.19. The summed E-state index contributed by atoms with van der Waals surface area (Å²) in [7, 11) is 0. The van der Waals surface area contributed by atoms with E-state index in [0.717, 1.165) is 0 Å². The summed E-state index contributed by atoms with van der Waals surface area (Å²) in [4.78, 5) is 24.9. The number of rotatable bonds is 6. The number of azide groups is 1. The van der Waals surface area contributed by atoms with Crippen LogP contribution in [0, 0.1) is 10.1 Å². The van der Waals surface area contributed by atoms with E-state index in [0.29, 0.717) is 16.7 Å². The fourth-order valence-corrected chi connectivity index (χ4v) is 1.91. The lowest BCUT2D eigenvalue weighted by Gasteiger charge is -2.08. The summed E-state index contributed by atoms with van der Waals surface area (Å²) >= 11 is 0. The molecule has 0 N–H and O–H groups in total. The minimum atomic E-state index is -0.549. The molecule has 0 saturated carbocycles. The summed E-state index contributed by atoms with van der Waals surface area (Å²) in [6.45, 7) is 0.0476. The highest BCUT2D eigenvalue weighted by Gasteiger charge is 2.12. The maximum atomic E-state index is 12.1. The molecular weight excluding hydrogens is 300 g/mol. The number of ether oxygens (including phenoxy) is 1. The van der Waals surface area contributed by atoms with Gasteiger partial charge in [-0.1, -0.05) is 23.3 Å². The highest BCUT2D eigenvalue weighted by molar-refractivity contribution is 5.91. The number of benzene rings is 2. The molecule has 0 aliphatic heterocycles. The van der Waals surface area contributed by atoms with Gasteiger partial charge in [0.05, 0.1) is 17.0 Å². The summed E-state index contributed by atoms with van der Waals surface area (Å²) in [5, 5.41) is 14.0. The molecule has 2 aromatic rings. The number of nitrogens with zero attached hydrogens (tertiary/aromatic N) is 4. The lowest BCUT2D eigenvalue weighted by atomic mass is 10.1. The monoisotopic (exact) mass is 312 g/mol. The van der Waals surface area contributed by atoms with E-state index in [1.165, 1.54) is 24.3 Å². The predicted octanol–water partition coefficient (Wildman–Crippen LogP) is 3.76. The molecule has 2 rings (SSSR count). The van der Waals surface area contributed by atoms with E-state index in [1.54, 1.807) is 24.3 Å². The fourth-order valence-electron chi connectivity index (χ4n) is 1.91. The minimum Gasteiger partial charge on any atom is -0.457 e. The third-order valence-corrected chi connectivity index (χ3v) is 3.06. The average molecular weight is 312 g/mol. The van der Waals surface area contributed by atoms with Gasteiger partial charge in [0.2, 0.25) is 0 Å². The molecule has 0 bridgehead atoms. The van der Waals surface area contributed by atoms with Gasteiger partial charge in [-0.3, -0.25) is 10.1 Å². The largest absolute Gasteiger partial charge is 0.457 e. The Hall–Kier alpha value is -3.38. The second-order valence-corrected chi connectivity index (χ2v) is 4.55. The molecule has 0 saturated heterocycles. The molecule has 0 aromatic heterocycles. The van der Waals surface area contributed by atoms with Gasteiger partial charge in [-0.05, 0) is 34.9 Å². The maximum Gasteiger partial charge on any atom is 0.338 e. The van der Waals surface area contributed by atoms with Gasteiger partial charge in [-0.25, -0.2) is 4.79 Å². The minimum absolute atomic E-state index is 0.00726. The first-order valence-electron chi connectivity index (χ1n) is 6.61. The molecule has 0 aliphatic rings. The maximum absolute atomic E-state index is 12.1. The molecule has 23 heavy (non-hydrogen) atoms. The number of hydrogen-bond acceptors (Lipinski definition) is 5. The third kappa shape index (κ3) is 4.29. The van der Waals surface area contributed by atoms with E-state index >= 15 is 0 Å². The van der Waals surface area contributed by atoms with Crippen LogP contribution < -0.4 is 0 Å². The third-order valence-electron chi connectivity index (χ3n) is 3.06. The lowest BCUT2D eigenvalue weighted by Crippen LogP contribution is -2.08. The van der Waals surface area contributed by atoms with Crippen molar-refractivity contribution in [2.24, 2.45) is 5.11 Å². The van der Waals surface area contributed by atoms with E-state index in [4.69, 9.17) is 10.3 Å². The van der Waals surface area contributed by atoms with Crippen molar-refractivity contribution in [2.45, 2.75) is 13.2 Å². The molecule has 8 heteroatoms. The Bertz CT molecular complexity index is 767. The van der Waals surface area contributed by atoms with Crippen molar-refractivity contribution in [3.63, 3.8) is 0 Å². The molecule has 0 unspecified atom stereocenters. The summed E-state index contributed by atoms with van der Waals surface area (Å²) in [6.07, 6.45) is 0. The zero-order chi connectivity index (χ0) is 16.7. The predicted molar refractivity (Wildman–Crippen MR) is 81.5 cm³/mol. The first-order valence-corrected chi connectivity index (χ1v) is 6.61. The number of non-ortho nitro benzene ring substituents is 1. The van der Waals surface area contributed by atoms with Crippen LogP contribution >= 0.6 is 0 Å². The van der Waals surface area contributed by atoms with Crippen LogP contribution in [0.2, 0.25) is 0 Å². The van der Waals surface area contributed by atoms with Crippen LogP contribution in [0.15, 0.2) is 53.6 Å². The van der Waals surface area contributed by atoms with Crippen molar-refractivity contribution >= 4 is 11.7 Å². The molecule has 0 fully saturated rings. The zero-order valence-corrected chi connectivity index (χ0v) is 12.0. The summed E-state index contributed by atoms with van der Waals surface area (Å²) in [5.41, 5.74) is 9.86. The van der Waals surface area contributed by atoms with E-state index in [9.17, 15) is 14.9 Å². The van der Waals surface area contributed by atoms with E-state index in [-0.39, 0.29) is 18.8 Å². The van der Waals surface area contributed by atoms with Gasteiger partial charge in [-0.2, -0.15) is 0 Å². The van der Waals surface area contributed by atoms with Crippen LogP contribution in [0.3, 0.4) is 0 Å². The Kier molecular flexibility index (Phi) is 5.27. The van der Waals surface area contributed by atoms with Gasteiger partial charge in [0.25, 0.3) is 5.69 Å². The average Bonchev–Trinajstić information content (AvgIpc) is 2.58. The normalized spacial score (nSPS) is 9.74. The quantitative estimate of drug-likeness (QED) is 0.201. The van der Waals surface area contributed by atoms with Gasteiger partial charge in [-0.15, -0.1) is 0 Å². The van der Waals surface area contributed by atoms with Crippen LogP contribution in [0.25, 0.3) is 10.4 Å². The number of carbonyl (C=O) groups is 1. The van der Waals surface area contributed by atoms with Crippen molar-refractivity contribution in [1.29, 1.82) is 0 Å². The van der Waals surface area contributed by atoms with Crippen LogP contribution in [0.1, 0.15) is 21.5 Å². The number of nitro groups is 1. The van der Waals surface area contributed by atoms with E-state index < -0.39 is 10.9 Å². The Morgan fingerprint density at radius 3 is 2.57 bits per heavy atom. The molecule has 2 aromatic carbocycles. The van der Waals surface area contributed by atoms with Crippen LogP contribution in [0.5, 0.6) is 0 Å². The van der Waals surface area contributed by atoms with Gasteiger partial charge in [0.15, 0.2) is 0 Å². The van der Waals surface area contributed by atoms with Gasteiger partial charge in [0.1, 0.15) is 6.61 Å². The fraction of sp³-hybridized carbons (Fsp3) is 0.133. The molecule has 0 spiro atoms. The highest BCUT2D eigenvalue weighted by atomic mass is 16.6. The zero-order valence-electron chi connectivity index (χ0n) is 12.0. The van der Waals surface area contributed by atoms with Crippen LogP contribution in [-0.2, 0) is 17.9 Å². The summed E-state index contributed by atoms with van der Waals surface area (Å²) in [5.74, 6) is -0.549. The van der Waals surface area contributed by atoms with Gasteiger partial charge < -0.3 is 4.74 Å². The molecule has 0 radical (unpaired) electrons. The number of esters is 1. The second-order valence-electron chi connectivity index (χ2n) is 4.55. The molecular formula is C15H12N4O4. The second kappa shape index (κ2) is 7.58. The molecule has 0 heterocycles. The number of nitro benzene ring substituents is 1. The SMILES string of the molecule is [N-]=[N+]=NCc1ccccc1C(=O)OCc1ccc([N+](=O)[O-])cc1. The van der Waals surface area contributed by atoms with Gasteiger partial charge >= 0.3 is 5.97 Å². The Balaban J connectivity index is 2.05. The molecule has 116 valence electrons. The first kappa shape index (κ1) is 16.0. The van der Waals surface area contributed by atoms with Gasteiger partial charge in [0, 0.05) is 17.0 Å². The Labute approximate surface area is 131 Å². The Morgan fingerprint density at radius 1 is 1.22 bits per heavy atom. The van der Waals surface area contributed by atoms with Crippen LogP contribution in [-0.4, -0.2) is 10.9 Å². The molecule has 8 nitrogen and oxygen atoms in total. The smallest absolute Gasteiger partial charge is 0.338 e. The number of hydrogen-bond donors (Lipinski definition) is 0. The van der Waals surface area contributed by atoms with E-state index in [1.807, 2.05) is 0 Å². The first-order chi connectivity index (χ1) is 11.1. The standard InChI is InChI=1S/C15H12N4O4/c16-18-17-9-12-3-1-2-4-14(12)15(20)23-10-11-5-7-13(8-6-11)19(21)22/h1-8H,9-10H2. The molecule has 0 atom stereocenters. The van der Waals surface area contributed by atoms with Crippen molar-refractivity contribution in [3.8, 4) is 0 Å². The molecule has 0 amide bonds. The van der Waals surface area contributed by atoms with Crippen LogP contribution in [0.4, 0.5) is 5.69 Å². The van der Waals surface area contributed by atoms with Crippen molar-refractivity contribution in [2.75, 3.05) is 0 Å². The van der Waals surface area contributed by atoms with E-state index in [2.05, 4.69) is 10.0 Å². The number of carbonyl (C=O) groups excluding carboxylic acids is 1. The summed E-state index contributed by atoms with van der Waals surface area (Å²) in [6, 6.07) is 12.4. The highest BCUT2D eigenvalue weighted by Crippen LogP contribution is 2.15. The van der Waals surface area contributed by atoms with Crippen molar-refractivity contribution in [1.82, 2.24) is 0 Å². The van der Waals surface area contributed by atoms with Crippen molar-refractivity contribution < 1.29 is 14.5 Å². The topological polar surface area (TPSA) is 118 Å². The van der Waals surface area contributed by atoms with Crippen molar-refractivity contribution in [3.05, 3.63) is 85.8 Å².